The molecule has 0 saturated heterocycles. The van der Waals surface area contributed by atoms with Gasteiger partial charge in [0.1, 0.15) is 6.33 Å². The van der Waals surface area contributed by atoms with Crippen LogP contribution < -0.4 is 10.1 Å². The van der Waals surface area contributed by atoms with E-state index in [1.54, 1.807) is 13.4 Å². The van der Waals surface area contributed by atoms with Crippen LogP contribution in [0.15, 0.2) is 6.33 Å². The molecule has 4 heteroatoms. The summed E-state index contributed by atoms with van der Waals surface area (Å²) < 4.78 is 5.28. The average molecular weight is 251 g/mol. The van der Waals surface area contributed by atoms with Gasteiger partial charge in [0.2, 0.25) is 5.88 Å². The summed E-state index contributed by atoms with van der Waals surface area (Å²) in [6.45, 7) is 11.8. The van der Waals surface area contributed by atoms with Crippen LogP contribution in [-0.2, 0) is 0 Å². The molecular formula is C14H25N3O. The predicted octanol–water partition coefficient (Wildman–Crippen LogP) is 2.53. The van der Waals surface area contributed by atoms with Crippen LogP contribution in [0, 0.1) is 12.8 Å². The molecule has 0 amide bonds. The van der Waals surface area contributed by atoms with Gasteiger partial charge >= 0.3 is 0 Å². The molecule has 1 aromatic rings. The van der Waals surface area contributed by atoms with Gasteiger partial charge in [0.25, 0.3) is 0 Å². The second kappa shape index (κ2) is 6.69. The lowest BCUT2D eigenvalue weighted by Crippen LogP contribution is -2.35. The van der Waals surface area contributed by atoms with Gasteiger partial charge in [-0.2, -0.15) is 0 Å². The van der Waals surface area contributed by atoms with Gasteiger partial charge in [-0.3, -0.25) is 0 Å². The molecule has 0 spiro atoms. The summed E-state index contributed by atoms with van der Waals surface area (Å²) in [6.07, 6.45) is 1.59. The molecule has 1 aromatic heterocycles. The molecule has 0 fully saturated rings. The van der Waals surface area contributed by atoms with Crippen molar-refractivity contribution in [3.8, 4) is 5.88 Å². The smallest absolute Gasteiger partial charge is 0.219 e. The fraction of sp³-hybridized carbons (Fsp3) is 0.714. The Morgan fingerprint density at radius 2 is 1.94 bits per heavy atom. The standard InChI is InChI=1S/C14H25N3O/c1-7-15-11(5)12(9(2)3)13-10(4)14(18-6)17-8-16-13/h8-9,11-12,15H,7H2,1-6H3. The quantitative estimate of drug-likeness (QED) is 0.844. The minimum absolute atomic E-state index is 0.363. The van der Waals surface area contributed by atoms with Crippen LogP contribution in [0.5, 0.6) is 5.88 Å². The van der Waals surface area contributed by atoms with E-state index in [4.69, 9.17) is 4.74 Å². The lowest BCUT2D eigenvalue weighted by molar-refractivity contribution is 0.363. The van der Waals surface area contributed by atoms with Crippen molar-refractivity contribution in [2.24, 2.45) is 5.92 Å². The number of hydrogen-bond acceptors (Lipinski definition) is 4. The van der Waals surface area contributed by atoms with Gasteiger partial charge < -0.3 is 10.1 Å². The maximum absolute atomic E-state index is 5.28. The number of hydrogen-bond donors (Lipinski definition) is 1. The maximum Gasteiger partial charge on any atom is 0.219 e. The molecule has 1 heterocycles. The van der Waals surface area contributed by atoms with Crippen molar-refractivity contribution in [2.45, 2.75) is 46.6 Å². The Hall–Kier alpha value is -1.16. The topological polar surface area (TPSA) is 47.0 Å². The minimum atomic E-state index is 0.363. The van der Waals surface area contributed by atoms with Crippen LogP contribution in [0.2, 0.25) is 0 Å². The summed E-state index contributed by atoms with van der Waals surface area (Å²) in [6, 6.07) is 0.383. The lowest BCUT2D eigenvalue weighted by Gasteiger charge is -2.29. The molecule has 4 nitrogen and oxygen atoms in total. The molecule has 0 radical (unpaired) electrons. The molecule has 0 aliphatic heterocycles. The van der Waals surface area contributed by atoms with Crippen molar-refractivity contribution in [3.63, 3.8) is 0 Å². The molecule has 1 rings (SSSR count). The molecule has 1 N–H and O–H groups in total. The van der Waals surface area contributed by atoms with E-state index >= 15 is 0 Å². The molecule has 0 aliphatic carbocycles. The highest BCUT2D eigenvalue weighted by Gasteiger charge is 2.26. The van der Waals surface area contributed by atoms with Gasteiger partial charge in [-0.05, 0) is 26.3 Å². The zero-order chi connectivity index (χ0) is 13.7. The average Bonchev–Trinajstić information content (AvgIpc) is 2.31. The third-order valence-electron chi connectivity index (χ3n) is 3.37. The van der Waals surface area contributed by atoms with E-state index in [2.05, 4.69) is 43.0 Å². The number of methoxy groups -OCH3 is 1. The van der Waals surface area contributed by atoms with Crippen LogP contribution in [0.25, 0.3) is 0 Å². The van der Waals surface area contributed by atoms with E-state index in [-0.39, 0.29) is 0 Å². The number of nitrogens with zero attached hydrogens (tertiary/aromatic N) is 2. The second-order valence-electron chi connectivity index (χ2n) is 5.01. The third-order valence-corrected chi connectivity index (χ3v) is 3.37. The number of ether oxygens (including phenoxy) is 1. The highest BCUT2D eigenvalue weighted by Crippen LogP contribution is 2.31. The predicted molar refractivity (Wildman–Crippen MR) is 74.0 cm³/mol. The van der Waals surface area contributed by atoms with Crippen molar-refractivity contribution in [3.05, 3.63) is 17.6 Å². The molecule has 102 valence electrons. The zero-order valence-electron chi connectivity index (χ0n) is 12.3. The molecular weight excluding hydrogens is 226 g/mol. The molecule has 2 unspecified atom stereocenters. The Kier molecular flexibility index (Phi) is 5.54. The van der Waals surface area contributed by atoms with Gasteiger partial charge in [0, 0.05) is 17.5 Å². The van der Waals surface area contributed by atoms with E-state index in [9.17, 15) is 0 Å². The summed E-state index contributed by atoms with van der Waals surface area (Å²) in [5, 5.41) is 3.49. The first kappa shape index (κ1) is 14.9. The first-order valence-electron chi connectivity index (χ1n) is 6.61. The molecule has 0 aliphatic rings. The number of rotatable bonds is 6. The number of aromatic nitrogens is 2. The van der Waals surface area contributed by atoms with Gasteiger partial charge in [-0.25, -0.2) is 9.97 Å². The maximum atomic E-state index is 5.28. The normalized spacial score (nSPS) is 14.6. The number of nitrogens with one attached hydrogen (secondary N) is 1. The van der Waals surface area contributed by atoms with Crippen molar-refractivity contribution < 1.29 is 4.74 Å². The molecule has 0 saturated carbocycles. The van der Waals surface area contributed by atoms with Crippen molar-refractivity contribution >= 4 is 0 Å². The summed E-state index contributed by atoms with van der Waals surface area (Å²) in [5.74, 6) is 1.55. The monoisotopic (exact) mass is 251 g/mol. The molecule has 18 heavy (non-hydrogen) atoms. The van der Waals surface area contributed by atoms with E-state index < -0.39 is 0 Å². The summed E-state index contributed by atoms with van der Waals surface area (Å²) >= 11 is 0. The zero-order valence-corrected chi connectivity index (χ0v) is 12.3. The highest BCUT2D eigenvalue weighted by atomic mass is 16.5. The Labute approximate surface area is 110 Å². The van der Waals surface area contributed by atoms with Crippen molar-refractivity contribution in [1.29, 1.82) is 0 Å². The Morgan fingerprint density at radius 1 is 1.28 bits per heavy atom. The first-order chi connectivity index (χ1) is 8.52. The fourth-order valence-electron chi connectivity index (χ4n) is 2.57. The van der Waals surface area contributed by atoms with Crippen molar-refractivity contribution in [1.82, 2.24) is 15.3 Å². The van der Waals surface area contributed by atoms with Gasteiger partial charge in [0.05, 0.1) is 12.8 Å². The lowest BCUT2D eigenvalue weighted by atomic mass is 9.84. The first-order valence-corrected chi connectivity index (χ1v) is 6.61. The van der Waals surface area contributed by atoms with Crippen molar-refractivity contribution in [2.75, 3.05) is 13.7 Å². The van der Waals surface area contributed by atoms with Crippen LogP contribution in [0.3, 0.4) is 0 Å². The van der Waals surface area contributed by atoms with Crippen LogP contribution >= 0.6 is 0 Å². The molecule has 2 atom stereocenters. The molecule has 0 aromatic carbocycles. The fourth-order valence-corrected chi connectivity index (χ4v) is 2.57. The summed E-state index contributed by atoms with van der Waals surface area (Å²) in [4.78, 5) is 8.63. The Morgan fingerprint density at radius 3 is 2.44 bits per heavy atom. The van der Waals surface area contributed by atoms with Crippen LogP contribution in [0.1, 0.15) is 44.9 Å². The van der Waals surface area contributed by atoms with Crippen LogP contribution in [-0.4, -0.2) is 29.7 Å². The summed E-state index contributed by atoms with van der Waals surface area (Å²) in [7, 11) is 1.65. The highest BCUT2D eigenvalue weighted by molar-refractivity contribution is 5.31. The van der Waals surface area contributed by atoms with Crippen LogP contribution in [0.4, 0.5) is 0 Å². The minimum Gasteiger partial charge on any atom is -0.481 e. The van der Waals surface area contributed by atoms with E-state index in [0.29, 0.717) is 23.8 Å². The largest absolute Gasteiger partial charge is 0.481 e. The number of likely N-dealkylation sites (N-methyl/N-ethyl adjacent to an activating group) is 1. The van der Waals surface area contributed by atoms with E-state index in [0.717, 1.165) is 17.8 Å². The molecule has 0 bridgehead atoms. The van der Waals surface area contributed by atoms with Gasteiger partial charge in [-0.1, -0.05) is 20.8 Å². The Bertz CT molecular complexity index is 379. The van der Waals surface area contributed by atoms with E-state index in [1.165, 1.54) is 0 Å². The van der Waals surface area contributed by atoms with E-state index in [1.807, 2.05) is 6.92 Å². The third kappa shape index (κ3) is 3.19. The second-order valence-corrected chi connectivity index (χ2v) is 5.01. The SMILES string of the molecule is CCNC(C)C(c1ncnc(OC)c1C)C(C)C. The Balaban J connectivity index is 3.13. The van der Waals surface area contributed by atoms with Gasteiger partial charge in [0.15, 0.2) is 0 Å². The summed E-state index contributed by atoms with van der Waals surface area (Å²) in [5.41, 5.74) is 2.13. The van der Waals surface area contributed by atoms with Gasteiger partial charge in [-0.15, -0.1) is 0 Å².